The number of nitrogens with zero attached hydrogens (tertiary/aromatic N) is 2. The molecule has 108 valence electrons. The normalized spacial score (nSPS) is 12.1. The minimum Gasteiger partial charge on any atom is -0.395 e. The topological polar surface area (TPSA) is 43.7 Å². The molecule has 0 aliphatic carbocycles. The van der Waals surface area contributed by atoms with E-state index in [1.165, 1.54) is 11.1 Å². The van der Waals surface area contributed by atoms with Gasteiger partial charge in [-0.1, -0.05) is 24.3 Å². The summed E-state index contributed by atoms with van der Waals surface area (Å²) in [6.07, 6.45) is 0. The van der Waals surface area contributed by atoms with Crippen LogP contribution in [0, 0.1) is 0 Å². The zero-order valence-electron chi connectivity index (χ0n) is 12.3. The number of aliphatic hydroxyl groups excluding tert-OH is 2. The Kier molecular flexibility index (Phi) is 6.45. The van der Waals surface area contributed by atoms with E-state index < -0.39 is 0 Å². The number of likely N-dealkylation sites (N-methyl/N-ethyl adjacent to an activating group) is 2. The summed E-state index contributed by atoms with van der Waals surface area (Å²) < 4.78 is 0.792. The van der Waals surface area contributed by atoms with Gasteiger partial charge in [-0.05, 0) is 12.6 Å². The second-order valence-corrected chi connectivity index (χ2v) is 5.82. The van der Waals surface area contributed by atoms with Gasteiger partial charge in [-0.15, -0.1) is 0 Å². The van der Waals surface area contributed by atoms with Crippen LogP contribution in [0.15, 0.2) is 24.3 Å². The molecule has 0 amide bonds. The molecule has 0 fully saturated rings. The monoisotopic (exact) mass is 267 g/mol. The Morgan fingerprint density at radius 3 is 2.11 bits per heavy atom. The first-order valence-corrected chi connectivity index (χ1v) is 6.77. The van der Waals surface area contributed by atoms with E-state index in [0.717, 1.165) is 24.1 Å². The van der Waals surface area contributed by atoms with Crippen LogP contribution < -0.4 is 0 Å². The van der Waals surface area contributed by atoms with Gasteiger partial charge in [0, 0.05) is 18.7 Å². The van der Waals surface area contributed by atoms with Gasteiger partial charge in [-0.2, -0.15) is 0 Å². The van der Waals surface area contributed by atoms with Crippen LogP contribution in [0.3, 0.4) is 0 Å². The van der Waals surface area contributed by atoms with Gasteiger partial charge in [0.2, 0.25) is 0 Å². The highest BCUT2D eigenvalue weighted by Gasteiger charge is 2.14. The van der Waals surface area contributed by atoms with Crippen molar-refractivity contribution in [2.75, 3.05) is 47.4 Å². The molecule has 0 bridgehead atoms. The van der Waals surface area contributed by atoms with Crippen LogP contribution in [0.25, 0.3) is 0 Å². The Labute approximate surface area is 116 Å². The highest BCUT2D eigenvalue weighted by Crippen LogP contribution is 2.11. The maximum Gasteiger partial charge on any atom is 0.104 e. The fraction of sp³-hybridized carbons (Fsp3) is 0.600. The molecule has 1 rings (SSSR count). The zero-order chi connectivity index (χ0) is 14.3. The molecule has 2 N–H and O–H groups in total. The summed E-state index contributed by atoms with van der Waals surface area (Å²) in [5.74, 6) is 0. The molecule has 0 spiro atoms. The zero-order valence-corrected chi connectivity index (χ0v) is 12.3. The Morgan fingerprint density at radius 2 is 1.58 bits per heavy atom. The molecule has 0 aromatic heterocycles. The van der Waals surface area contributed by atoms with Gasteiger partial charge < -0.3 is 14.7 Å². The molecule has 0 heterocycles. The van der Waals surface area contributed by atoms with E-state index in [-0.39, 0.29) is 13.2 Å². The SMILES string of the molecule is CN(CCO)Cc1ccc(C[N+](C)(C)CCO)cc1. The quantitative estimate of drug-likeness (QED) is 0.681. The number of hydrogen-bond acceptors (Lipinski definition) is 3. The number of quaternary nitrogens is 1. The predicted octanol–water partition coefficient (Wildman–Crippen LogP) is 0.679. The van der Waals surface area contributed by atoms with Crippen LogP contribution in [0.1, 0.15) is 11.1 Å². The second-order valence-electron chi connectivity index (χ2n) is 5.82. The molecule has 1 aromatic rings. The third kappa shape index (κ3) is 6.16. The Balaban J connectivity index is 2.56. The van der Waals surface area contributed by atoms with E-state index >= 15 is 0 Å². The molecule has 4 heteroatoms. The lowest BCUT2D eigenvalue weighted by Gasteiger charge is -2.29. The summed E-state index contributed by atoms with van der Waals surface area (Å²) in [5.41, 5.74) is 2.54. The first kappa shape index (κ1) is 16.1. The first-order chi connectivity index (χ1) is 8.96. The van der Waals surface area contributed by atoms with Crippen molar-refractivity contribution in [3.8, 4) is 0 Å². The van der Waals surface area contributed by atoms with Gasteiger partial charge in [0.25, 0.3) is 0 Å². The summed E-state index contributed by atoms with van der Waals surface area (Å²) >= 11 is 0. The molecular formula is C15H27N2O2+. The third-order valence-corrected chi connectivity index (χ3v) is 3.27. The van der Waals surface area contributed by atoms with E-state index in [9.17, 15) is 0 Å². The molecule has 0 atom stereocenters. The average molecular weight is 267 g/mol. The Bertz CT molecular complexity index is 363. The second kappa shape index (κ2) is 7.60. The molecule has 0 saturated heterocycles. The maximum atomic E-state index is 9.03. The first-order valence-electron chi connectivity index (χ1n) is 6.77. The van der Waals surface area contributed by atoms with Crippen molar-refractivity contribution in [3.63, 3.8) is 0 Å². The third-order valence-electron chi connectivity index (χ3n) is 3.27. The van der Waals surface area contributed by atoms with Crippen molar-refractivity contribution in [2.24, 2.45) is 0 Å². The fourth-order valence-electron chi connectivity index (χ4n) is 2.16. The number of aliphatic hydroxyl groups is 2. The van der Waals surface area contributed by atoms with Crippen molar-refractivity contribution in [3.05, 3.63) is 35.4 Å². The summed E-state index contributed by atoms with van der Waals surface area (Å²) in [6, 6.07) is 8.59. The summed E-state index contributed by atoms with van der Waals surface area (Å²) in [4.78, 5) is 2.10. The number of rotatable bonds is 8. The van der Waals surface area contributed by atoms with E-state index in [1.54, 1.807) is 0 Å². The molecule has 0 aliphatic heterocycles. The summed E-state index contributed by atoms with van der Waals surface area (Å²) in [6.45, 7) is 3.66. The molecule has 4 nitrogen and oxygen atoms in total. The van der Waals surface area contributed by atoms with Gasteiger partial charge in [-0.25, -0.2) is 0 Å². The van der Waals surface area contributed by atoms with Crippen molar-refractivity contribution < 1.29 is 14.7 Å². The van der Waals surface area contributed by atoms with Crippen LogP contribution >= 0.6 is 0 Å². The number of benzene rings is 1. The predicted molar refractivity (Wildman–Crippen MR) is 77.6 cm³/mol. The van der Waals surface area contributed by atoms with E-state index in [4.69, 9.17) is 10.2 Å². The Morgan fingerprint density at radius 1 is 1.00 bits per heavy atom. The average Bonchev–Trinajstić information content (AvgIpc) is 2.31. The lowest BCUT2D eigenvalue weighted by Crippen LogP contribution is -2.41. The van der Waals surface area contributed by atoms with Crippen molar-refractivity contribution in [2.45, 2.75) is 13.1 Å². The summed E-state index contributed by atoms with van der Waals surface area (Å²) in [5, 5.41) is 17.9. The standard InChI is InChI=1S/C15H27N2O2/c1-16(8-10-18)12-14-4-6-15(7-5-14)13-17(2,3)9-11-19/h4-7,18-19H,8-13H2,1-3H3/q+1. The molecule has 0 saturated carbocycles. The smallest absolute Gasteiger partial charge is 0.104 e. The van der Waals surface area contributed by atoms with E-state index in [2.05, 4.69) is 43.3 Å². The maximum absolute atomic E-state index is 9.03. The Hall–Kier alpha value is -0.940. The van der Waals surface area contributed by atoms with Gasteiger partial charge >= 0.3 is 0 Å². The van der Waals surface area contributed by atoms with Crippen molar-refractivity contribution in [1.82, 2.24) is 4.90 Å². The van der Waals surface area contributed by atoms with Crippen LogP contribution in [-0.4, -0.2) is 67.0 Å². The van der Waals surface area contributed by atoms with Crippen LogP contribution in [0.4, 0.5) is 0 Å². The van der Waals surface area contributed by atoms with Crippen LogP contribution in [0.2, 0.25) is 0 Å². The van der Waals surface area contributed by atoms with E-state index in [1.807, 2.05) is 7.05 Å². The summed E-state index contributed by atoms with van der Waals surface area (Å²) in [7, 11) is 6.25. The van der Waals surface area contributed by atoms with Crippen LogP contribution in [0.5, 0.6) is 0 Å². The molecule has 1 aromatic carbocycles. The number of hydrogen-bond donors (Lipinski definition) is 2. The fourth-order valence-corrected chi connectivity index (χ4v) is 2.16. The lowest BCUT2D eigenvalue weighted by atomic mass is 10.1. The van der Waals surface area contributed by atoms with E-state index in [0.29, 0.717) is 6.54 Å². The van der Waals surface area contributed by atoms with Gasteiger partial charge in [0.1, 0.15) is 13.1 Å². The van der Waals surface area contributed by atoms with Crippen molar-refractivity contribution in [1.29, 1.82) is 0 Å². The van der Waals surface area contributed by atoms with Crippen LogP contribution in [-0.2, 0) is 13.1 Å². The highest BCUT2D eigenvalue weighted by atomic mass is 16.3. The highest BCUT2D eigenvalue weighted by molar-refractivity contribution is 5.21. The molecule has 0 aliphatic rings. The molecule has 0 radical (unpaired) electrons. The lowest BCUT2D eigenvalue weighted by molar-refractivity contribution is -0.903. The largest absolute Gasteiger partial charge is 0.395 e. The van der Waals surface area contributed by atoms with Gasteiger partial charge in [0.05, 0.1) is 27.3 Å². The molecule has 0 unspecified atom stereocenters. The molecular weight excluding hydrogens is 240 g/mol. The minimum atomic E-state index is 0.196. The minimum absolute atomic E-state index is 0.196. The van der Waals surface area contributed by atoms with Crippen molar-refractivity contribution >= 4 is 0 Å². The van der Waals surface area contributed by atoms with Gasteiger partial charge in [0.15, 0.2) is 0 Å². The molecule has 19 heavy (non-hydrogen) atoms. The van der Waals surface area contributed by atoms with Gasteiger partial charge in [-0.3, -0.25) is 4.90 Å².